The molecule has 8 nitrogen and oxygen atoms in total. The summed E-state index contributed by atoms with van der Waals surface area (Å²) in [4.78, 5) is 17.5. The Morgan fingerprint density at radius 1 is 0.960 bits per heavy atom. The number of nitrogens with zero attached hydrogens (tertiary/aromatic N) is 4. The summed E-state index contributed by atoms with van der Waals surface area (Å²) < 4.78 is 15.8. The minimum Gasteiger partial charge on any atom is -0.480 e. The van der Waals surface area contributed by atoms with E-state index in [9.17, 15) is 0 Å². The number of rotatable bonds is 9. The van der Waals surface area contributed by atoms with Gasteiger partial charge in [-0.3, -0.25) is 0 Å². The van der Waals surface area contributed by atoms with Crippen LogP contribution < -0.4 is 19.5 Å². The van der Waals surface area contributed by atoms with E-state index in [1.807, 2.05) is 6.92 Å². The summed E-state index contributed by atoms with van der Waals surface area (Å²) in [6.07, 6.45) is 5.01. The van der Waals surface area contributed by atoms with Gasteiger partial charge in [0, 0.05) is 12.7 Å². The van der Waals surface area contributed by atoms with Crippen molar-refractivity contribution < 1.29 is 14.2 Å². The number of methoxy groups -OCH3 is 3. The van der Waals surface area contributed by atoms with Crippen molar-refractivity contribution in [1.29, 1.82) is 0 Å². The Labute approximate surface area is 148 Å². The fourth-order valence-electron chi connectivity index (χ4n) is 2.37. The summed E-state index contributed by atoms with van der Waals surface area (Å²) in [5.41, 5.74) is 1.96. The SMILES string of the molecule is CCCCCNc1nc(C)c(-c2cnc(OC)nc2OC)nc1OC. The van der Waals surface area contributed by atoms with Crippen LogP contribution in [-0.4, -0.2) is 47.8 Å². The Hall–Kier alpha value is -2.64. The van der Waals surface area contributed by atoms with E-state index in [0.29, 0.717) is 28.8 Å². The molecule has 0 amide bonds. The summed E-state index contributed by atoms with van der Waals surface area (Å²) in [5.74, 6) is 1.43. The molecule has 2 aromatic heterocycles. The van der Waals surface area contributed by atoms with Gasteiger partial charge < -0.3 is 19.5 Å². The second kappa shape index (κ2) is 9.00. The minimum absolute atomic E-state index is 0.229. The Balaban J connectivity index is 2.36. The lowest BCUT2D eigenvalue weighted by molar-refractivity contribution is 0.353. The third-order valence-electron chi connectivity index (χ3n) is 3.67. The van der Waals surface area contributed by atoms with Crippen molar-refractivity contribution in [2.75, 3.05) is 33.2 Å². The lowest BCUT2D eigenvalue weighted by atomic mass is 10.2. The normalized spacial score (nSPS) is 10.4. The molecule has 2 aromatic rings. The lowest BCUT2D eigenvalue weighted by Gasteiger charge is -2.14. The third kappa shape index (κ3) is 4.46. The standard InChI is InChI=1S/C17H25N5O3/c1-6-7-8-9-18-14-16(24-4)21-13(11(2)20-14)12-10-19-17(25-5)22-15(12)23-3/h10H,6-9H2,1-5H3,(H,18,20). The average molecular weight is 347 g/mol. The first-order valence-corrected chi connectivity index (χ1v) is 8.26. The van der Waals surface area contributed by atoms with Gasteiger partial charge in [0.2, 0.25) is 5.88 Å². The van der Waals surface area contributed by atoms with E-state index < -0.39 is 0 Å². The van der Waals surface area contributed by atoms with Crippen molar-refractivity contribution in [3.8, 4) is 29.0 Å². The largest absolute Gasteiger partial charge is 0.480 e. The van der Waals surface area contributed by atoms with Crippen LogP contribution in [0.5, 0.6) is 17.8 Å². The van der Waals surface area contributed by atoms with Crippen molar-refractivity contribution in [3.05, 3.63) is 11.9 Å². The number of hydrogen-bond donors (Lipinski definition) is 1. The zero-order valence-electron chi connectivity index (χ0n) is 15.4. The summed E-state index contributed by atoms with van der Waals surface area (Å²) >= 11 is 0. The Kier molecular flexibility index (Phi) is 6.73. The summed E-state index contributed by atoms with van der Waals surface area (Å²) in [7, 11) is 4.61. The van der Waals surface area contributed by atoms with Gasteiger partial charge in [0.15, 0.2) is 5.82 Å². The van der Waals surface area contributed by atoms with Gasteiger partial charge in [0.1, 0.15) is 5.69 Å². The van der Waals surface area contributed by atoms with Gasteiger partial charge in [0.25, 0.3) is 5.88 Å². The smallest absolute Gasteiger partial charge is 0.319 e. The fraction of sp³-hybridized carbons (Fsp3) is 0.529. The van der Waals surface area contributed by atoms with Gasteiger partial charge in [-0.05, 0) is 13.3 Å². The number of nitrogens with one attached hydrogen (secondary N) is 1. The molecule has 0 fully saturated rings. The third-order valence-corrected chi connectivity index (χ3v) is 3.67. The van der Waals surface area contributed by atoms with Crippen LogP contribution in [0.4, 0.5) is 5.82 Å². The van der Waals surface area contributed by atoms with E-state index in [2.05, 4.69) is 32.2 Å². The second-order valence-corrected chi connectivity index (χ2v) is 5.43. The first-order valence-electron chi connectivity index (χ1n) is 8.26. The first kappa shape index (κ1) is 18.7. The quantitative estimate of drug-likeness (QED) is 0.692. The molecule has 0 spiro atoms. The predicted octanol–water partition coefficient (Wildman–Crippen LogP) is 2.87. The monoisotopic (exact) mass is 347 g/mol. The number of aryl methyl sites for hydroxylation is 1. The Morgan fingerprint density at radius 3 is 2.36 bits per heavy atom. The highest BCUT2D eigenvalue weighted by Crippen LogP contribution is 2.32. The average Bonchev–Trinajstić information content (AvgIpc) is 2.65. The van der Waals surface area contributed by atoms with Gasteiger partial charge in [-0.15, -0.1) is 0 Å². The molecule has 136 valence electrons. The van der Waals surface area contributed by atoms with Crippen LogP contribution in [0.3, 0.4) is 0 Å². The minimum atomic E-state index is 0.229. The number of unbranched alkanes of at least 4 members (excludes halogenated alkanes) is 2. The second-order valence-electron chi connectivity index (χ2n) is 5.43. The molecular weight excluding hydrogens is 322 g/mol. The molecule has 1 N–H and O–H groups in total. The van der Waals surface area contributed by atoms with E-state index >= 15 is 0 Å². The number of hydrogen-bond acceptors (Lipinski definition) is 8. The summed E-state index contributed by atoms with van der Waals surface area (Å²) in [6, 6.07) is 0.229. The maximum Gasteiger partial charge on any atom is 0.319 e. The van der Waals surface area contributed by atoms with Crippen LogP contribution in [-0.2, 0) is 0 Å². The van der Waals surface area contributed by atoms with E-state index in [1.165, 1.54) is 27.1 Å². The topological polar surface area (TPSA) is 91.3 Å². The molecule has 0 atom stereocenters. The van der Waals surface area contributed by atoms with E-state index in [0.717, 1.165) is 18.7 Å². The molecule has 2 rings (SSSR count). The number of anilines is 1. The molecule has 0 radical (unpaired) electrons. The maximum atomic E-state index is 5.40. The summed E-state index contributed by atoms with van der Waals surface area (Å²) in [5, 5.41) is 3.28. The highest BCUT2D eigenvalue weighted by atomic mass is 16.5. The Bertz CT molecular complexity index is 709. The van der Waals surface area contributed by atoms with Crippen LogP contribution >= 0.6 is 0 Å². The number of ether oxygens (including phenoxy) is 3. The van der Waals surface area contributed by atoms with Gasteiger partial charge >= 0.3 is 6.01 Å². The molecular formula is C17H25N5O3. The zero-order valence-corrected chi connectivity index (χ0v) is 15.4. The first-order chi connectivity index (χ1) is 12.1. The Morgan fingerprint density at radius 2 is 1.72 bits per heavy atom. The molecule has 0 saturated heterocycles. The molecule has 25 heavy (non-hydrogen) atoms. The molecule has 2 heterocycles. The van der Waals surface area contributed by atoms with Gasteiger partial charge in [0.05, 0.1) is 32.6 Å². The molecule has 0 bridgehead atoms. The van der Waals surface area contributed by atoms with E-state index in [1.54, 1.807) is 13.3 Å². The van der Waals surface area contributed by atoms with Crippen LogP contribution in [0, 0.1) is 6.92 Å². The van der Waals surface area contributed by atoms with Crippen molar-refractivity contribution in [2.45, 2.75) is 33.1 Å². The lowest BCUT2D eigenvalue weighted by Crippen LogP contribution is -2.09. The zero-order chi connectivity index (χ0) is 18.2. The van der Waals surface area contributed by atoms with Crippen LogP contribution in [0.15, 0.2) is 6.20 Å². The maximum absolute atomic E-state index is 5.40. The predicted molar refractivity (Wildman–Crippen MR) is 95.5 cm³/mol. The molecule has 0 aliphatic carbocycles. The molecule has 0 aromatic carbocycles. The van der Waals surface area contributed by atoms with Crippen molar-refractivity contribution in [3.63, 3.8) is 0 Å². The highest BCUT2D eigenvalue weighted by molar-refractivity contribution is 5.68. The highest BCUT2D eigenvalue weighted by Gasteiger charge is 2.18. The van der Waals surface area contributed by atoms with E-state index in [-0.39, 0.29) is 6.01 Å². The summed E-state index contributed by atoms with van der Waals surface area (Å²) in [6.45, 7) is 4.87. The van der Waals surface area contributed by atoms with E-state index in [4.69, 9.17) is 14.2 Å². The molecule has 0 aliphatic heterocycles. The fourth-order valence-corrected chi connectivity index (χ4v) is 2.37. The number of aromatic nitrogens is 4. The van der Waals surface area contributed by atoms with Crippen LogP contribution in [0.25, 0.3) is 11.3 Å². The molecule has 8 heteroatoms. The van der Waals surface area contributed by atoms with Crippen LogP contribution in [0.2, 0.25) is 0 Å². The molecule has 0 unspecified atom stereocenters. The van der Waals surface area contributed by atoms with Crippen molar-refractivity contribution >= 4 is 5.82 Å². The van der Waals surface area contributed by atoms with Gasteiger partial charge in [-0.2, -0.15) is 4.98 Å². The van der Waals surface area contributed by atoms with Gasteiger partial charge in [-0.25, -0.2) is 15.0 Å². The van der Waals surface area contributed by atoms with Crippen molar-refractivity contribution in [1.82, 2.24) is 19.9 Å². The van der Waals surface area contributed by atoms with Crippen molar-refractivity contribution in [2.24, 2.45) is 0 Å². The van der Waals surface area contributed by atoms with Crippen LogP contribution in [0.1, 0.15) is 31.9 Å². The molecule has 0 aliphatic rings. The van der Waals surface area contributed by atoms with Gasteiger partial charge in [-0.1, -0.05) is 19.8 Å². The molecule has 0 saturated carbocycles.